The smallest absolute Gasteiger partial charge is 0.0351 e. The van der Waals surface area contributed by atoms with Crippen LogP contribution in [0.3, 0.4) is 0 Å². The fraction of sp³-hybridized carbons (Fsp3) is 0.647. The average molecular weight is 245 g/mol. The summed E-state index contributed by atoms with van der Waals surface area (Å²) in [7, 11) is 0. The van der Waals surface area contributed by atoms with Gasteiger partial charge in [-0.25, -0.2) is 0 Å². The van der Waals surface area contributed by atoms with Crippen LogP contribution in [0.4, 0.5) is 0 Å². The van der Waals surface area contributed by atoms with Crippen LogP contribution < -0.4 is 5.32 Å². The molecule has 1 aliphatic rings. The molecular formula is C17H27N. The quantitative estimate of drug-likeness (QED) is 0.783. The number of hydrogen-bond acceptors (Lipinski definition) is 1. The highest BCUT2D eigenvalue weighted by atomic mass is 14.9. The standard InChI is InChI=1S/C17H27N/c1-5-10-18-17(14(4)15-7-8-15)16-9-6-12(2)11-13(16)3/h6,9,11,14-15,17-18H,5,7-8,10H2,1-4H3. The first-order valence-corrected chi connectivity index (χ1v) is 7.44. The van der Waals surface area contributed by atoms with Crippen LogP contribution in [-0.2, 0) is 0 Å². The van der Waals surface area contributed by atoms with Gasteiger partial charge < -0.3 is 5.32 Å². The van der Waals surface area contributed by atoms with Crippen molar-refractivity contribution in [3.63, 3.8) is 0 Å². The molecule has 2 rings (SSSR count). The Balaban J connectivity index is 2.20. The van der Waals surface area contributed by atoms with Crippen LogP contribution in [-0.4, -0.2) is 6.54 Å². The summed E-state index contributed by atoms with van der Waals surface area (Å²) < 4.78 is 0. The maximum absolute atomic E-state index is 3.77. The topological polar surface area (TPSA) is 12.0 Å². The largest absolute Gasteiger partial charge is 0.310 e. The second-order valence-corrected chi connectivity index (χ2v) is 5.99. The van der Waals surface area contributed by atoms with Crippen molar-refractivity contribution in [3.05, 3.63) is 34.9 Å². The van der Waals surface area contributed by atoms with Crippen molar-refractivity contribution in [2.75, 3.05) is 6.54 Å². The van der Waals surface area contributed by atoms with Crippen LogP contribution in [0.1, 0.15) is 55.8 Å². The first kappa shape index (κ1) is 13.6. The fourth-order valence-electron chi connectivity index (χ4n) is 2.95. The summed E-state index contributed by atoms with van der Waals surface area (Å²) in [6.45, 7) is 10.2. The van der Waals surface area contributed by atoms with E-state index in [0.29, 0.717) is 6.04 Å². The van der Waals surface area contributed by atoms with Gasteiger partial charge in [0.05, 0.1) is 0 Å². The zero-order valence-corrected chi connectivity index (χ0v) is 12.3. The van der Waals surface area contributed by atoms with Gasteiger partial charge in [0.25, 0.3) is 0 Å². The number of aryl methyl sites for hydroxylation is 2. The maximum Gasteiger partial charge on any atom is 0.0351 e. The summed E-state index contributed by atoms with van der Waals surface area (Å²) in [5.41, 5.74) is 4.31. The molecule has 0 saturated heterocycles. The summed E-state index contributed by atoms with van der Waals surface area (Å²) in [4.78, 5) is 0. The molecule has 1 saturated carbocycles. The van der Waals surface area contributed by atoms with Crippen LogP contribution in [0.2, 0.25) is 0 Å². The Labute approximate surface area is 112 Å². The summed E-state index contributed by atoms with van der Waals surface area (Å²) in [5.74, 6) is 1.71. The van der Waals surface area contributed by atoms with Gasteiger partial charge >= 0.3 is 0 Å². The summed E-state index contributed by atoms with van der Waals surface area (Å²) in [6.07, 6.45) is 4.06. The molecule has 1 aliphatic carbocycles. The molecule has 1 N–H and O–H groups in total. The molecule has 2 unspecified atom stereocenters. The van der Waals surface area contributed by atoms with Crippen molar-refractivity contribution in [2.45, 2.75) is 53.0 Å². The minimum Gasteiger partial charge on any atom is -0.310 e. The van der Waals surface area contributed by atoms with E-state index < -0.39 is 0 Å². The molecule has 1 nitrogen and oxygen atoms in total. The van der Waals surface area contributed by atoms with Gasteiger partial charge in [-0.2, -0.15) is 0 Å². The van der Waals surface area contributed by atoms with Crippen molar-refractivity contribution in [2.24, 2.45) is 11.8 Å². The molecule has 100 valence electrons. The van der Waals surface area contributed by atoms with E-state index in [1.165, 1.54) is 36.0 Å². The van der Waals surface area contributed by atoms with E-state index in [4.69, 9.17) is 0 Å². The van der Waals surface area contributed by atoms with Crippen LogP contribution in [0.5, 0.6) is 0 Å². The normalized spacial score (nSPS) is 18.7. The van der Waals surface area contributed by atoms with Crippen molar-refractivity contribution < 1.29 is 0 Å². The Hall–Kier alpha value is -0.820. The molecule has 2 atom stereocenters. The summed E-state index contributed by atoms with van der Waals surface area (Å²) >= 11 is 0. The Morgan fingerprint density at radius 2 is 2.00 bits per heavy atom. The van der Waals surface area contributed by atoms with Crippen LogP contribution in [0.15, 0.2) is 18.2 Å². The fourth-order valence-corrected chi connectivity index (χ4v) is 2.95. The minimum absolute atomic E-state index is 0.540. The first-order valence-electron chi connectivity index (χ1n) is 7.44. The van der Waals surface area contributed by atoms with Gasteiger partial charge in [-0.05, 0) is 62.6 Å². The van der Waals surface area contributed by atoms with Crippen LogP contribution in [0, 0.1) is 25.7 Å². The molecule has 0 aliphatic heterocycles. The van der Waals surface area contributed by atoms with Gasteiger partial charge in [-0.15, -0.1) is 0 Å². The predicted molar refractivity (Wildman–Crippen MR) is 78.8 cm³/mol. The predicted octanol–water partition coefficient (Wildman–Crippen LogP) is 4.39. The molecule has 1 aromatic rings. The maximum atomic E-state index is 3.77. The second-order valence-electron chi connectivity index (χ2n) is 5.99. The van der Waals surface area contributed by atoms with Crippen LogP contribution >= 0.6 is 0 Å². The molecule has 1 fully saturated rings. The molecule has 0 heterocycles. The number of hydrogen-bond donors (Lipinski definition) is 1. The third kappa shape index (κ3) is 3.14. The Morgan fingerprint density at radius 1 is 1.28 bits per heavy atom. The zero-order chi connectivity index (χ0) is 13.1. The Bertz CT molecular complexity index is 393. The Morgan fingerprint density at radius 3 is 2.56 bits per heavy atom. The SMILES string of the molecule is CCCNC(c1ccc(C)cc1C)C(C)C1CC1. The molecule has 18 heavy (non-hydrogen) atoms. The van der Waals surface area contributed by atoms with E-state index in [1.807, 2.05) is 0 Å². The number of rotatable bonds is 6. The van der Waals surface area contributed by atoms with Crippen molar-refractivity contribution in [1.82, 2.24) is 5.32 Å². The third-order valence-corrected chi connectivity index (χ3v) is 4.27. The van der Waals surface area contributed by atoms with Gasteiger partial charge in [0.1, 0.15) is 0 Å². The van der Waals surface area contributed by atoms with E-state index in [0.717, 1.165) is 18.4 Å². The molecule has 1 heteroatoms. The minimum atomic E-state index is 0.540. The molecule has 0 spiro atoms. The number of benzene rings is 1. The lowest BCUT2D eigenvalue weighted by atomic mass is 9.87. The lowest BCUT2D eigenvalue weighted by molar-refractivity contribution is 0.348. The van der Waals surface area contributed by atoms with Crippen LogP contribution in [0.25, 0.3) is 0 Å². The first-order chi connectivity index (χ1) is 8.63. The lowest BCUT2D eigenvalue weighted by Crippen LogP contribution is -2.29. The van der Waals surface area contributed by atoms with Crippen molar-refractivity contribution >= 4 is 0 Å². The van der Waals surface area contributed by atoms with E-state index >= 15 is 0 Å². The van der Waals surface area contributed by atoms with E-state index in [9.17, 15) is 0 Å². The zero-order valence-electron chi connectivity index (χ0n) is 12.3. The highest BCUT2D eigenvalue weighted by Gasteiger charge is 2.34. The highest BCUT2D eigenvalue weighted by molar-refractivity contribution is 5.33. The van der Waals surface area contributed by atoms with Gasteiger partial charge in [0, 0.05) is 6.04 Å². The van der Waals surface area contributed by atoms with Gasteiger partial charge in [-0.3, -0.25) is 0 Å². The third-order valence-electron chi connectivity index (χ3n) is 4.27. The van der Waals surface area contributed by atoms with E-state index in [-0.39, 0.29) is 0 Å². The molecule has 0 bridgehead atoms. The summed E-state index contributed by atoms with van der Waals surface area (Å²) in [5, 5.41) is 3.77. The number of nitrogens with one attached hydrogen (secondary N) is 1. The molecule has 1 aromatic carbocycles. The molecule has 0 amide bonds. The van der Waals surface area contributed by atoms with E-state index in [2.05, 4.69) is 51.2 Å². The van der Waals surface area contributed by atoms with Crippen molar-refractivity contribution in [1.29, 1.82) is 0 Å². The average Bonchev–Trinajstić information content (AvgIpc) is 3.15. The summed E-state index contributed by atoms with van der Waals surface area (Å²) in [6, 6.07) is 7.44. The monoisotopic (exact) mass is 245 g/mol. The molecule has 0 aromatic heterocycles. The second kappa shape index (κ2) is 5.88. The van der Waals surface area contributed by atoms with Gasteiger partial charge in [-0.1, -0.05) is 37.6 Å². The molecular weight excluding hydrogens is 218 g/mol. The van der Waals surface area contributed by atoms with E-state index in [1.54, 1.807) is 0 Å². The van der Waals surface area contributed by atoms with Gasteiger partial charge in [0.2, 0.25) is 0 Å². The lowest BCUT2D eigenvalue weighted by Gasteiger charge is -2.27. The Kier molecular flexibility index (Phi) is 4.45. The molecule has 0 radical (unpaired) electrons. The van der Waals surface area contributed by atoms with Crippen molar-refractivity contribution in [3.8, 4) is 0 Å². The van der Waals surface area contributed by atoms with Gasteiger partial charge in [0.15, 0.2) is 0 Å². The highest BCUT2D eigenvalue weighted by Crippen LogP contribution is 2.43.